The standard InChI is InChI=1S/C13H24N2O3/c1-13(2,3)10(11(16)17)15-12(18)14-9-7-5-4-6-8-9/h9-10H,4-8H2,1-3H3,(H,16,17)(H2,14,15,18)/t10-/m1/s1. The number of hydrogen-bond acceptors (Lipinski definition) is 2. The van der Waals surface area contributed by atoms with E-state index in [2.05, 4.69) is 10.6 Å². The maximum absolute atomic E-state index is 11.8. The van der Waals surface area contributed by atoms with Crippen molar-refractivity contribution in [3.05, 3.63) is 0 Å². The highest BCUT2D eigenvalue weighted by Crippen LogP contribution is 2.20. The van der Waals surface area contributed by atoms with Crippen LogP contribution < -0.4 is 10.6 Å². The monoisotopic (exact) mass is 256 g/mol. The van der Waals surface area contributed by atoms with Gasteiger partial charge in [-0.3, -0.25) is 0 Å². The molecule has 5 heteroatoms. The highest BCUT2D eigenvalue weighted by Gasteiger charge is 2.33. The van der Waals surface area contributed by atoms with Crippen molar-refractivity contribution in [2.24, 2.45) is 5.41 Å². The summed E-state index contributed by atoms with van der Waals surface area (Å²) in [5.74, 6) is -0.999. The molecule has 1 saturated carbocycles. The van der Waals surface area contributed by atoms with E-state index in [1.54, 1.807) is 20.8 Å². The molecule has 0 unspecified atom stereocenters. The fourth-order valence-electron chi connectivity index (χ4n) is 2.25. The van der Waals surface area contributed by atoms with Crippen molar-refractivity contribution < 1.29 is 14.7 Å². The molecule has 1 fully saturated rings. The Hall–Kier alpha value is -1.26. The van der Waals surface area contributed by atoms with Gasteiger partial charge in [0.1, 0.15) is 6.04 Å². The SMILES string of the molecule is CC(C)(C)[C@H](NC(=O)NC1CCCCC1)C(=O)O. The average Bonchev–Trinajstić information content (AvgIpc) is 2.25. The lowest BCUT2D eigenvalue weighted by molar-refractivity contribution is -0.141. The maximum Gasteiger partial charge on any atom is 0.326 e. The van der Waals surface area contributed by atoms with Gasteiger partial charge in [-0.05, 0) is 18.3 Å². The van der Waals surface area contributed by atoms with Crippen molar-refractivity contribution >= 4 is 12.0 Å². The first-order valence-electron chi connectivity index (χ1n) is 6.60. The van der Waals surface area contributed by atoms with Crippen molar-refractivity contribution in [1.29, 1.82) is 0 Å². The zero-order chi connectivity index (χ0) is 13.8. The van der Waals surface area contributed by atoms with Gasteiger partial charge in [-0.15, -0.1) is 0 Å². The zero-order valence-electron chi connectivity index (χ0n) is 11.5. The minimum Gasteiger partial charge on any atom is -0.480 e. The minimum atomic E-state index is -0.999. The Labute approximate surface area is 108 Å². The molecule has 0 aromatic heterocycles. The molecule has 0 bridgehead atoms. The van der Waals surface area contributed by atoms with Crippen molar-refractivity contribution in [2.45, 2.75) is 65.0 Å². The van der Waals surface area contributed by atoms with Gasteiger partial charge >= 0.3 is 12.0 Å². The summed E-state index contributed by atoms with van der Waals surface area (Å²) in [5, 5.41) is 14.5. The van der Waals surface area contributed by atoms with E-state index in [-0.39, 0.29) is 12.1 Å². The Morgan fingerprint density at radius 3 is 2.17 bits per heavy atom. The van der Waals surface area contributed by atoms with Crippen LogP contribution in [0.2, 0.25) is 0 Å². The third-order valence-corrected chi connectivity index (χ3v) is 3.33. The number of aliphatic carboxylic acids is 1. The zero-order valence-corrected chi connectivity index (χ0v) is 11.5. The number of nitrogens with one attached hydrogen (secondary N) is 2. The summed E-state index contributed by atoms with van der Waals surface area (Å²) in [6.45, 7) is 5.39. The van der Waals surface area contributed by atoms with Gasteiger partial charge in [0, 0.05) is 6.04 Å². The van der Waals surface area contributed by atoms with E-state index in [1.807, 2.05) is 0 Å². The summed E-state index contributed by atoms with van der Waals surface area (Å²) in [7, 11) is 0. The average molecular weight is 256 g/mol. The molecule has 0 heterocycles. The van der Waals surface area contributed by atoms with Gasteiger partial charge in [0.05, 0.1) is 0 Å². The maximum atomic E-state index is 11.8. The Bertz CT molecular complexity index is 304. The highest BCUT2D eigenvalue weighted by molar-refractivity contribution is 5.83. The molecule has 5 nitrogen and oxygen atoms in total. The molecule has 2 amide bonds. The lowest BCUT2D eigenvalue weighted by Gasteiger charge is -2.29. The topological polar surface area (TPSA) is 78.4 Å². The second kappa shape index (κ2) is 6.07. The summed E-state index contributed by atoms with van der Waals surface area (Å²) < 4.78 is 0. The fraction of sp³-hybridized carbons (Fsp3) is 0.846. The summed E-state index contributed by atoms with van der Waals surface area (Å²) >= 11 is 0. The van der Waals surface area contributed by atoms with Crippen molar-refractivity contribution in [3.63, 3.8) is 0 Å². The first-order valence-corrected chi connectivity index (χ1v) is 6.60. The number of amides is 2. The van der Waals surface area contributed by atoms with Crippen LogP contribution >= 0.6 is 0 Å². The molecule has 1 aliphatic carbocycles. The molecule has 0 saturated heterocycles. The molecule has 18 heavy (non-hydrogen) atoms. The molecule has 1 rings (SSSR count). The predicted octanol–water partition coefficient (Wildman–Crippen LogP) is 2.12. The molecule has 0 spiro atoms. The number of urea groups is 1. The number of carboxylic acids is 1. The number of carbonyl (C=O) groups is 2. The summed E-state index contributed by atoms with van der Waals surface area (Å²) in [5.41, 5.74) is -0.504. The van der Waals surface area contributed by atoms with Crippen molar-refractivity contribution in [1.82, 2.24) is 10.6 Å². The van der Waals surface area contributed by atoms with Gasteiger partial charge < -0.3 is 15.7 Å². The van der Waals surface area contributed by atoms with E-state index in [9.17, 15) is 9.59 Å². The van der Waals surface area contributed by atoms with Gasteiger partial charge in [-0.1, -0.05) is 40.0 Å². The molecule has 3 N–H and O–H groups in total. The van der Waals surface area contributed by atoms with Gasteiger partial charge in [-0.25, -0.2) is 9.59 Å². The third-order valence-electron chi connectivity index (χ3n) is 3.33. The Morgan fingerprint density at radius 1 is 1.17 bits per heavy atom. The molecule has 104 valence electrons. The second-order valence-corrected chi connectivity index (χ2v) is 6.09. The van der Waals surface area contributed by atoms with Gasteiger partial charge in [0.25, 0.3) is 0 Å². The van der Waals surface area contributed by atoms with Crippen LogP contribution in [0.4, 0.5) is 4.79 Å². The second-order valence-electron chi connectivity index (χ2n) is 6.09. The van der Waals surface area contributed by atoms with Crippen LogP contribution in [0.1, 0.15) is 52.9 Å². The molecule has 0 aromatic rings. The highest BCUT2D eigenvalue weighted by atomic mass is 16.4. The van der Waals surface area contributed by atoms with Crippen LogP contribution in [0, 0.1) is 5.41 Å². The molecule has 0 radical (unpaired) electrons. The van der Waals surface area contributed by atoms with Crippen LogP contribution in [0.5, 0.6) is 0 Å². The van der Waals surface area contributed by atoms with E-state index in [0.717, 1.165) is 25.7 Å². The summed E-state index contributed by atoms with van der Waals surface area (Å²) in [6, 6.07) is -1.06. The first kappa shape index (κ1) is 14.8. The Morgan fingerprint density at radius 2 is 1.72 bits per heavy atom. The summed E-state index contributed by atoms with van der Waals surface area (Å²) in [6.07, 6.45) is 5.46. The number of carbonyl (C=O) groups excluding carboxylic acids is 1. The predicted molar refractivity (Wildman–Crippen MR) is 69.4 cm³/mol. The first-order chi connectivity index (χ1) is 8.30. The molecule has 1 atom stereocenters. The lowest BCUT2D eigenvalue weighted by Crippen LogP contribution is -2.54. The minimum absolute atomic E-state index is 0.188. The van der Waals surface area contributed by atoms with E-state index >= 15 is 0 Å². The van der Waals surface area contributed by atoms with Gasteiger partial charge in [0.2, 0.25) is 0 Å². The fourth-order valence-corrected chi connectivity index (χ4v) is 2.25. The van der Waals surface area contributed by atoms with Crippen LogP contribution in [0.25, 0.3) is 0 Å². The van der Waals surface area contributed by atoms with Crippen LogP contribution in [0.3, 0.4) is 0 Å². The number of hydrogen-bond donors (Lipinski definition) is 3. The molecular weight excluding hydrogens is 232 g/mol. The third kappa shape index (κ3) is 4.55. The summed E-state index contributed by atoms with van der Waals surface area (Å²) in [4.78, 5) is 22.9. The molecule has 0 aliphatic heterocycles. The van der Waals surface area contributed by atoms with Crippen molar-refractivity contribution in [3.8, 4) is 0 Å². The van der Waals surface area contributed by atoms with E-state index < -0.39 is 17.4 Å². The quantitative estimate of drug-likeness (QED) is 0.723. The van der Waals surface area contributed by atoms with Gasteiger partial charge in [0.15, 0.2) is 0 Å². The number of carboxylic acid groups (broad SMARTS) is 1. The van der Waals surface area contributed by atoms with Crippen molar-refractivity contribution in [2.75, 3.05) is 0 Å². The van der Waals surface area contributed by atoms with Crippen LogP contribution in [0.15, 0.2) is 0 Å². The Balaban J connectivity index is 2.48. The van der Waals surface area contributed by atoms with Gasteiger partial charge in [-0.2, -0.15) is 0 Å². The Kier molecular flexibility index (Phi) is 4.99. The number of rotatable bonds is 3. The van der Waals surface area contributed by atoms with E-state index in [0.29, 0.717) is 0 Å². The largest absolute Gasteiger partial charge is 0.480 e. The van der Waals surface area contributed by atoms with Crippen LogP contribution in [-0.4, -0.2) is 29.2 Å². The van der Waals surface area contributed by atoms with Crippen LogP contribution in [-0.2, 0) is 4.79 Å². The molecule has 0 aromatic carbocycles. The van der Waals surface area contributed by atoms with E-state index in [4.69, 9.17) is 5.11 Å². The molecule has 1 aliphatic rings. The molecular formula is C13H24N2O3. The lowest BCUT2D eigenvalue weighted by atomic mass is 9.87. The normalized spacial score (nSPS) is 19.1. The van der Waals surface area contributed by atoms with E-state index in [1.165, 1.54) is 6.42 Å². The smallest absolute Gasteiger partial charge is 0.326 e.